The maximum atomic E-state index is 10.3. The highest BCUT2D eigenvalue weighted by Crippen LogP contribution is 2.67. The zero-order chi connectivity index (χ0) is 23.9. The predicted molar refractivity (Wildman–Crippen MR) is 136 cm³/mol. The highest BCUT2D eigenvalue weighted by Gasteiger charge is 2.59. The Bertz CT molecular complexity index is 962. The molecule has 3 saturated carbocycles. The molecule has 34 heavy (non-hydrogen) atoms. The first-order chi connectivity index (χ1) is 16.3. The predicted octanol–water partition coefficient (Wildman–Crippen LogP) is 7.29. The minimum atomic E-state index is -0.110. The molecule has 0 aromatic heterocycles. The van der Waals surface area contributed by atoms with Crippen LogP contribution in [-0.2, 0) is 0 Å². The van der Waals surface area contributed by atoms with Crippen molar-refractivity contribution in [1.29, 1.82) is 5.26 Å². The third-order valence-electron chi connectivity index (χ3n) is 10.9. The molecule has 3 unspecified atom stereocenters. The normalized spacial score (nSPS) is 39.7. The summed E-state index contributed by atoms with van der Waals surface area (Å²) in [6.07, 6.45) is 14.7. The molecule has 5 rings (SSSR count). The number of nitrogens with zero attached hydrogens (tertiary/aromatic N) is 1. The van der Waals surface area contributed by atoms with Gasteiger partial charge < -0.3 is 9.84 Å². The summed E-state index contributed by atoms with van der Waals surface area (Å²) in [7, 11) is 0. The third-order valence-corrected chi connectivity index (χ3v) is 10.9. The van der Waals surface area contributed by atoms with Gasteiger partial charge in [-0.25, -0.2) is 0 Å². The van der Waals surface area contributed by atoms with Crippen LogP contribution in [0, 0.1) is 51.8 Å². The molecule has 0 aliphatic heterocycles. The molecule has 0 amide bonds. The summed E-state index contributed by atoms with van der Waals surface area (Å²) in [5.74, 6) is 4.90. The summed E-state index contributed by atoms with van der Waals surface area (Å²) in [6.45, 7) is 8.39. The molecule has 184 valence electrons. The van der Waals surface area contributed by atoms with Crippen LogP contribution in [0.15, 0.2) is 35.9 Å². The molecule has 1 aromatic rings. The van der Waals surface area contributed by atoms with E-state index in [1.165, 1.54) is 44.9 Å². The van der Waals surface area contributed by atoms with Gasteiger partial charge in [0.15, 0.2) is 0 Å². The molecule has 0 bridgehead atoms. The minimum Gasteiger partial charge on any atom is -0.494 e. The molecule has 3 nitrogen and oxygen atoms in total. The van der Waals surface area contributed by atoms with Crippen molar-refractivity contribution in [2.45, 2.75) is 91.1 Å². The number of nitriles is 1. The summed E-state index contributed by atoms with van der Waals surface area (Å²) in [5.41, 5.74) is 3.07. The van der Waals surface area contributed by atoms with Crippen molar-refractivity contribution in [3.8, 4) is 11.8 Å². The van der Waals surface area contributed by atoms with Gasteiger partial charge in [0, 0.05) is 0 Å². The largest absolute Gasteiger partial charge is 0.494 e. The van der Waals surface area contributed by atoms with E-state index in [0.717, 1.165) is 61.2 Å². The SMILES string of the molecule is C[C@H](CCCOc1cccc(C#N)c1)[C@H]1CCC2C3CC=C4C[C@@H](O)CC[C@]4(C)C3CC[C@@]21C. The monoisotopic (exact) mass is 461 g/mol. The number of aliphatic hydroxyl groups excluding tert-OH is 1. The topological polar surface area (TPSA) is 53.2 Å². The Labute approximate surface area is 206 Å². The van der Waals surface area contributed by atoms with Gasteiger partial charge in [-0.05, 0) is 123 Å². The Morgan fingerprint density at radius 3 is 2.82 bits per heavy atom. The summed E-state index contributed by atoms with van der Waals surface area (Å²) >= 11 is 0. The Morgan fingerprint density at radius 2 is 2.00 bits per heavy atom. The van der Waals surface area contributed by atoms with E-state index >= 15 is 0 Å². The Morgan fingerprint density at radius 1 is 1.15 bits per heavy atom. The average molecular weight is 462 g/mol. The van der Waals surface area contributed by atoms with Crippen LogP contribution in [-0.4, -0.2) is 17.8 Å². The second-order valence-corrected chi connectivity index (χ2v) is 12.5. The Kier molecular flexibility index (Phi) is 6.58. The fraction of sp³-hybridized carbons (Fsp3) is 0.710. The van der Waals surface area contributed by atoms with Gasteiger partial charge in [-0.2, -0.15) is 5.26 Å². The van der Waals surface area contributed by atoms with E-state index in [1.54, 1.807) is 5.57 Å². The lowest BCUT2D eigenvalue weighted by atomic mass is 9.47. The first-order valence-electron chi connectivity index (χ1n) is 13.9. The van der Waals surface area contributed by atoms with Gasteiger partial charge in [0.25, 0.3) is 0 Å². The van der Waals surface area contributed by atoms with Crippen LogP contribution in [0.4, 0.5) is 0 Å². The van der Waals surface area contributed by atoms with Crippen molar-refractivity contribution in [3.05, 3.63) is 41.5 Å². The number of allylic oxidation sites excluding steroid dienone is 1. The summed E-state index contributed by atoms with van der Waals surface area (Å²) in [5, 5.41) is 19.3. The molecule has 4 aliphatic carbocycles. The lowest BCUT2D eigenvalue weighted by Gasteiger charge is -2.58. The van der Waals surface area contributed by atoms with Crippen LogP contribution in [0.1, 0.15) is 90.5 Å². The van der Waals surface area contributed by atoms with Gasteiger partial charge in [-0.15, -0.1) is 0 Å². The van der Waals surface area contributed by atoms with Crippen molar-refractivity contribution in [3.63, 3.8) is 0 Å². The third kappa shape index (κ3) is 4.11. The lowest BCUT2D eigenvalue weighted by Crippen LogP contribution is -2.50. The van der Waals surface area contributed by atoms with Gasteiger partial charge in [0.05, 0.1) is 24.3 Å². The van der Waals surface area contributed by atoms with Gasteiger partial charge in [-0.1, -0.05) is 38.5 Å². The van der Waals surface area contributed by atoms with Crippen molar-refractivity contribution < 1.29 is 9.84 Å². The highest BCUT2D eigenvalue weighted by atomic mass is 16.5. The fourth-order valence-corrected chi connectivity index (χ4v) is 9.07. The zero-order valence-electron chi connectivity index (χ0n) is 21.4. The number of ether oxygens (including phenoxy) is 1. The molecule has 0 heterocycles. The molecule has 1 aromatic carbocycles. The van der Waals surface area contributed by atoms with Crippen molar-refractivity contribution >= 4 is 0 Å². The average Bonchev–Trinajstić information content (AvgIpc) is 3.19. The molecule has 8 atom stereocenters. The number of rotatable bonds is 6. The molecule has 3 fully saturated rings. The van der Waals surface area contributed by atoms with Gasteiger partial charge in [-0.3, -0.25) is 0 Å². The number of aliphatic hydroxyl groups is 1. The number of benzene rings is 1. The number of hydrogen-bond donors (Lipinski definition) is 1. The van der Waals surface area contributed by atoms with Gasteiger partial charge in [0.1, 0.15) is 5.75 Å². The second kappa shape index (κ2) is 9.34. The van der Waals surface area contributed by atoms with Crippen LogP contribution in [0.5, 0.6) is 5.75 Å². The van der Waals surface area contributed by atoms with E-state index in [-0.39, 0.29) is 6.10 Å². The first kappa shape index (κ1) is 23.9. The van der Waals surface area contributed by atoms with Gasteiger partial charge >= 0.3 is 0 Å². The molecule has 0 radical (unpaired) electrons. The summed E-state index contributed by atoms with van der Waals surface area (Å²) in [4.78, 5) is 0. The van der Waals surface area contributed by atoms with E-state index < -0.39 is 0 Å². The Hall–Kier alpha value is -1.79. The molecular weight excluding hydrogens is 418 g/mol. The van der Waals surface area contributed by atoms with E-state index in [2.05, 4.69) is 32.9 Å². The van der Waals surface area contributed by atoms with Crippen LogP contribution < -0.4 is 4.74 Å². The highest BCUT2D eigenvalue weighted by molar-refractivity contribution is 5.36. The lowest BCUT2D eigenvalue weighted by molar-refractivity contribution is -0.0573. The van der Waals surface area contributed by atoms with E-state index in [0.29, 0.717) is 16.4 Å². The maximum Gasteiger partial charge on any atom is 0.120 e. The zero-order valence-corrected chi connectivity index (χ0v) is 21.4. The quantitative estimate of drug-likeness (QED) is 0.357. The van der Waals surface area contributed by atoms with Crippen molar-refractivity contribution in [1.82, 2.24) is 0 Å². The van der Waals surface area contributed by atoms with E-state index in [1.807, 2.05) is 24.3 Å². The van der Waals surface area contributed by atoms with Crippen LogP contribution in [0.2, 0.25) is 0 Å². The number of fused-ring (bicyclic) bond motifs is 5. The smallest absolute Gasteiger partial charge is 0.120 e. The second-order valence-electron chi connectivity index (χ2n) is 12.5. The van der Waals surface area contributed by atoms with Crippen molar-refractivity contribution in [2.24, 2.45) is 40.4 Å². The van der Waals surface area contributed by atoms with Crippen molar-refractivity contribution in [2.75, 3.05) is 6.61 Å². The van der Waals surface area contributed by atoms with E-state index in [4.69, 9.17) is 10.00 Å². The number of hydrogen-bond acceptors (Lipinski definition) is 3. The molecule has 4 aliphatic rings. The standard InChI is InChI=1S/C31H43NO2/c1-21(6-5-17-34-25-8-4-7-22(18-25)20-32)27-11-12-28-26-10-9-23-19-24(33)13-15-30(23,2)29(26)14-16-31(27,28)3/h4,7-9,18,21,24,26-29,33H,5-6,10-17,19H2,1-3H3/t21-,24+,26?,27-,28?,29?,30+,31-/m1/s1. The van der Waals surface area contributed by atoms with Crippen LogP contribution in [0.25, 0.3) is 0 Å². The van der Waals surface area contributed by atoms with Crippen LogP contribution in [0.3, 0.4) is 0 Å². The van der Waals surface area contributed by atoms with Crippen LogP contribution >= 0.6 is 0 Å². The summed E-state index contributed by atoms with van der Waals surface area (Å²) < 4.78 is 5.96. The molecule has 0 saturated heterocycles. The molecule has 3 heteroatoms. The Balaban J connectivity index is 1.20. The fourth-order valence-electron chi connectivity index (χ4n) is 9.07. The maximum absolute atomic E-state index is 10.3. The van der Waals surface area contributed by atoms with E-state index in [9.17, 15) is 5.11 Å². The first-order valence-corrected chi connectivity index (χ1v) is 13.9. The van der Waals surface area contributed by atoms with Gasteiger partial charge in [0.2, 0.25) is 0 Å². The molecule has 1 N–H and O–H groups in total. The molecular formula is C31H43NO2. The molecule has 0 spiro atoms. The summed E-state index contributed by atoms with van der Waals surface area (Å²) in [6, 6.07) is 9.69. The minimum absolute atomic E-state index is 0.110.